The molecule has 0 aliphatic carbocycles. The molecule has 78 valence electrons. The number of ether oxygens (including phenoxy) is 2. The molecule has 5 heteroatoms. The van der Waals surface area contributed by atoms with Crippen molar-refractivity contribution in [1.29, 1.82) is 0 Å². The average molecular weight is 197 g/mol. The highest BCUT2D eigenvalue weighted by molar-refractivity contribution is 5.42. The summed E-state index contributed by atoms with van der Waals surface area (Å²) in [6.45, 7) is 0. The van der Waals surface area contributed by atoms with E-state index in [1.54, 1.807) is 26.4 Å². The molecule has 0 amide bonds. The highest BCUT2D eigenvalue weighted by Crippen LogP contribution is 2.26. The van der Waals surface area contributed by atoms with Crippen LogP contribution in [0.2, 0.25) is 0 Å². The number of nitrogens with two attached hydrogens (primary N) is 2. The average Bonchev–Trinajstić information content (AvgIpc) is 2.27. The zero-order chi connectivity index (χ0) is 10.6. The first kappa shape index (κ1) is 10.8. The van der Waals surface area contributed by atoms with E-state index in [-0.39, 0.29) is 0 Å². The molecule has 1 atom stereocenters. The lowest BCUT2D eigenvalue weighted by atomic mass is 10.1. The van der Waals surface area contributed by atoms with Crippen LogP contribution in [0.1, 0.15) is 11.7 Å². The Morgan fingerprint density at radius 2 is 2.00 bits per heavy atom. The maximum atomic E-state index is 5.71. The maximum absolute atomic E-state index is 5.71. The van der Waals surface area contributed by atoms with Crippen LogP contribution in [0.15, 0.2) is 18.2 Å². The maximum Gasteiger partial charge on any atom is 0.128 e. The molecule has 0 radical (unpaired) electrons. The fraction of sp³-hybridized carbons (Fsp3) is 0.333. The van der Waals surface area contributed by atoms with Crippen LogP contribution in [-0.4, -0.2) is 14.2 Å². The van der Waals surface area contributed by atoms with Crippen molar-refractivity contribution in [2.45, 2.75) is 6.17 Å². The summed E-state index contributed by atoms with van der Waals surface area (Å²) in [6.07, 6.45) is -0.448. The van der Waals surface area contributed by atoms with E-state index in [2.05, 4.69) is 5.43 Å². The second-order valence-corrected chi connectivity index (χ2v) is 2.75. The van der Waals surface area contributed by atoms with Gasteiger partial charge in [-0.2, -0.15) is 0 Å². The summed E-state index contributed by atoms with van der Waals surface area (Å²) in [5.74, 6) is 6.60. The van der Waals surface area contributed by atoms with Crippen molar-refractivity contribution in [1.82, 2.24) is 5.43 Å². The summed E-state index contributed by atoms with van der Waals surface area (Å²) in [5.41, 5.74) is 8.94. The molecule has 0 heterocycles. The Morgan fingerprint density at radius 1 is 1.29 bits per heavy atom. The Bertz CT molecular complexity index is 304. The third-order valence-electron chi connectivity index (χ3n) is 1.96. The second-order valence-electron chi connectivity index (χ2n) is 2.75. The van der Waals surface area contributed by atoms with Gasteiger partial charge in [-0.15, -0.1) is 0 Å². The van der Waals surface area contributed by atoms with Crippen LogP contribution >= 0.6 is 0 Å². The molecule has 0 bridgehead atoms. The third kappa shape index (κ3) is 2.14. The van der Waals surface area contributed by atoms with Gasteiger partial charge in [0.25, 0.3) is 0 Å². The first-order chi connectivity index (χ1) is 6.72. The van der Waals surface area contributed by atoms with Crippen molar-refractivity contribution in [3.05, 3.63) is 23.8 Å². The van der Waals surface area contributed by atoms with Crippen LogP contribution in [-0.2, 0) is 0 Å². The van der Waals surface area contributed by atoms with Gasteiger partial charge in [-0.05, 0) is 12.1 Å². The minimum atomic E-state index is -0.448. The second kappa shape index (κ2) is 4.80. The summed E-state index contributed by atoms with van der Waals surface area (Å²) in [6, 6.07) is 5.36. The number of rotatable bonds is 4. The van der Waals surface area contributed by atoms with Gasteiger partial charge >= 0.3 is 0 Å². The third-order valence-corrected chi connectivity index (χ3v) is 1.96. The summed E-state index contributed by atoms with van der Waals surface area (Å²) < 4.78 is 10.2. The lowest BCUT2D eigenvalue weighted by molar-refractivity contribution is 0.385. The first-order valence-electron chi connectivity index (χ1n) is 4.16. The predicted octanol–water partition coefficient (Wildman–Crippen LogP) is 0.124. The van der Waals surface area contributed by atoms with E-state index >= 15 is 0 Å². The number of hydrogen-bond acceptors (Lipinski definition) is 5. The minimum Gasteiger partial charge on any atom is -0.497 e. The van der Waals surface area contributed by atoms with Crippen molar-refractivity contribution >= 4 is 0 Å². The molecule has 5 N–H and O–H groups in total. The molecule has 0 saturated heterocycles. The Hall–Kier alpha value is -1.30. The van der Waals surface area contributed by atoms with Gasteiger partial charge in [0.2, 0.25) is 0 Å². The summed E-state index contributed by atoms with van der Waals surface area (Å²) in [7, 11) is 3.16. The van der Waals surface area contributed by atoms with E-state index < -0.39 is 6.17 Å². The monoisotopic (exact) mass is 197 g/mol. The van der Waals surface area contributed by atoms with E-state index in [0.29, 0.717) is 5.75 Å². The Balaban J connectivity index is 3.04. The molecule has 0 aromatic heterocycles. The molecule has 14 heavy (non-hydrogen) atoms. The number of methoxy groups -OCH3 is 2. The van der Waals surface area contributed by atoms with Crippen LogP contribution in [0.25, 0.3) is 0 Å². The molecule has 1 aromatic carbocycles. The normalized spacial score (nSPS) is 12.3. The van der Waals surface area contributed by atoms with Gasteiger partial charge in [-0.1, -0.05) is 0 Å². The number of benzene rings is 1. The molecule has 0 fully saturated rings. The van der Waals surface area contributed by atoms with Crippen LogP contribution < -0.4 is 26.5 Å². The van der Waals surface area contributed by atoms with Crippen molar-refractivity contribution in [2.24, 2.45) is 11.6 Å². The smallest absolute Gasteiger partial charge is 0.128 e. The molecule has 1 rings (SSSR count). The van der Waals surface area contributed by atoms with Crippen LogP contribution in [0.3, 0.4) is 0 Å². The van der Waals surface area contributed by atoms with Crippen molar-refractivity contribution in [3.63, 3.8) is 0 Å². The minimum absolute atomic E-state index is 0.448. The van der Waals surface area contributed by atoms with Crippen LogP contribution in [0.5, 0.6) is 11.5 Å². The molecule has 0 saturated carbocycles. The van der Waals surface area contributed by atoms with E-state index in [1.807, 2.05) is 6.07 Å². The highest BCUT2D eigenvalue weighted by atomic mass is 16.5. The molecule has 0 spiro atoms. The largest absolute Gasteiger partial charge is 0.497 e. The number of hydrazine groups is 1. The zero-order valence-electron chi connectivity index (χ0n) is 8.28. The summed E-state index contributed by atoms with van der Waals surface area (Å²) in [4.78, 5) is 0. The highest BCUT2D eigenvalue weighted by Gasteiger charge is 2.10. The standard InChI is InChI=1S/C9H15N3O2/c1-13-6-3-4-7(9(10)12-11)8(5-6)14-2/h3-5,9,12H,10-11H2,1-2H3. The molecule has 1 aromatic rings. The summed E-state index contributed by atoms with van der Waals surface area (Å²) in [5, 5.41) is 0. The summed E-state index contributed by atoms with van der Waals surface area (Å²) >= 11 is 0. The van der Waals surface area contributed by atoms with Gasteiger partial charge in [0, 0.05) is 11.6 Å². The fourth-order valence-electron chi connectivity index (χ4n) is 1.17. The Labute approximate surface area is 83.0 Å². The van der Waals surface area contributed by atoms with E-state index in [1.165, 1.54) is 0 Å². The predicted molar refractivity (Wildman–Crippen MR) is 53.8 cm³/mol. The first-order valence-corrected chi connectivity index (χ1v) is 4.16. The molecule has 1 unspecified atom stereocenters. The number of hydrogen-bond donors (Lipinski definition) is 3. The van der Waals surface area contributed by atoms with E-state index in [0.717, 1.165) is 11.3 Å². The van der Waals surface area contributed by atoms with Crippen molar-refractivity contribution in [2.75, 3.05) is 14.2 Å². The fourth-order valence-corrected chi connectivity index (χ4v) is 1.17. The molecular formula is C9H15N3O2. The van der Waals surface area contributed by atoms with Gasteiger partial charge < -0.3 is 15.2 Å². The zero-order valence-corrected chi connectivity index (χ0v) is 8.28. The Morgan fingerprint density at radius 3 is 2.50 bits per heavy atom. The van der Waals surface area contributed by atoms with E-state index in [9.17, 15) is 0 Å². The number of nitrogens with one attached hydrogen (secondary N) is 1. The van der Waals surface area contributed by atoms with Gasteiger partial charge in [-0.25, -0.2) is 5.43 Å². The molecule has 0 aliphatic heterocycles. The lowest BCUT2D eigenvalue weighted by Gasteiger charge is -2.15. The van der Waals surface area contributed by atoms with Gasteiger partial charge in [0.15, 0.2) is 0 Å². The van der Waals surface area contributed by atoms with Crippen LogP contribution in [0.4, 0.5) is 0 Å². The molecule has 5 nitrogen and oxygen atoms in total. The van der Waals surface area contributed by atoms with Crippen LogP contribution in [0, 0.1) is 0 Å². The van der Waals surface area contributed by atoms with Gasteiger partial charge in [0.1, 0.15) is 11.5 Å². The van der Waals surface area contributed by atoms with Gasteiger partial charge in [-0.3, -0.25) is 5.84 Å². The SMILES string of the molecule is COc1ccc(C(N)NN)c(OC)c1. The van der Waals surface area contributed by atoms with Crippen molar-refractivity contribution in [3.8, 4) is 11.5 Å². The molecule has 0 aliphatic rings. The van der Waals surface area contributed by atoms with E-state index in [4.69, 9.17) is 21.1 Å². The van der Waals surface area contributed by atoms with Crippen molar-refractivity contribution < 1.29 is 9.47 Å². The Kier molecular flexibility index (Phi) is 3.70. The molecular weight excluding hydrogens is 182 g/mol. The topological polar surface area (TPSA) is 82.5 Å². The quantitative estimate of drug-likeness (QED) is 0.363. The van der Waals surface area contributed by atoms with Gasteiger partial charge in [0.05, 0.1) is 20.4 Å². The lowest BCUT2D eigenvalue weighted by Crippen LogP contribution is -2.34.